The van der Waals surface area contributed by atoms with Crippen LogP contribution in [0.5, 0.6) is 5.88 Å². The van der Waals surface area contributed by atoms with Crippen LogP contribution in [-0.2, 0) is 4.79 Å². The second-order valence-corrected chi connectivity index (χ2v) is 6.77. The van der Waals surface area contributed by atoms with Gasteiger partial charge in [0, 0.05) is 4.88 Å². The van der Waals surface area contributed by atoms with Gasteiger partial charge in [-0.3, -0.25) is 4.79 Å². The van der Waals surface area contributed by atoms with Crippen molar-refractivity contribution in [1.29, 1.82) is 0 Å². The molecule has 0 unspecified atom stereocenters. The van der Waals surface area contributed by atoms with E-state index >= 15 is 0 Å². The minimum absolute atomic E-state index is 0.0109. The average molecular weight is 341 g/mol. The molecule has 1 aromatic carbocycles. The minimum atomic E-state index is -0.162. The summed E-state index contributed by atoms with van der Waals surface area (Å²) in [7, 11) is 0. The van der Waals surface area contributed by atoms with Crippen LogP contribution in [0.3, 0.4) is 0 Å². The molecule has 5 nitrogen and oxygen atoms in total. The number of aromatic nitrogens is 2. The van der Waals surface area contributed by atoms with Crippen molar-refractivity contribution in [3.63, 3.8) is 0 Å². The van der Waals surface area contributed by atoms with Gasteiger partial charge >= 0.3 is 0 Å². The van der Waals surface area contributed by atoms with Crippen LogP contribution in [0.25, 0.3) is 10.9 Å². The smallest absolute Gasteiger partial charge is 0.258 e. The Morgan fingerprint density at radius 3 is 2.79 bits per heavy atom. The highest BCUT2D eigenvalue weighted by atomic mass is 32.1. The number of amides is 1. The van der Waals surface area contributed by atoms with Crippen LogP contribution in [0.15, 0.2) is 48.1 Å². The van der Waals surface area contributed by atoms with E-state index in [2.05, 4.69) is 29.1 Å². The standard InChI is InChI=1S/C18H19N3O2S/c1-12(2)17(15-8-5-9-24-15)21-16(22)10-23-18-13-6-3-4-7-14(13)19-11-20-18/h3-9,11-12,17H,10H2,1-2H3,(H,21,22)/t17-/m0/s1. The molecule has 0 fully saturated rings. The molecule has 0 aliphatic heterocycles. The Balaban J connectivity index is 1.66. The van der Waals surface area contributed by atoms with Crippen LogP contribution in [0.1, 0.15) is 24.8 Å². The van der Waals surface area contributed by atoms with Crippen LogP contribution >= 0.6 is 11.3 Å². The number of para-hydroxylation sites is 1. The highest BCUT2D eigenvalue weighted by Crippen LogP contribution is 2.26. The predicted octanol–water partition coefficient (Wildman–Crippen LogP) is 3.58. The first-order valence-electron chi connectivity index (χ1n) is 7.80. The molecule has 0 saturated carbocycles. The lowest BCUT2D eigenvalue weighted by Gasteiger charge is -2.21. The number of nitrogens with zero attached hydrogens (tertiary/aromatic N) is 2. The summed E-state index contributed by atoms with van der Waals surface area (Å²) in [5.74, 6) is 0.560. The van der Waals surface area contributed by atoms with E-state index in [1.807, 2.05) is 41.8 Å². The third-order valence-corrected chi connectivity index (χ3v) is 4.63. The van der Waals surface area contributed by atoms with Gasteiger partial charge in [0.25, 0.3) is 5.91 Å². The van der Waals surface area contributed by atoms with E-state index in [4.69, 9.17) is 4.74 Å². The molecule has 0 aliphatic carbocycles. The Bertz CT molecular complexity index is 813. The summed E-state index contributed by atoms with van der Waals surface area (Å²) in [5, 5.41) is 5.85. The van der Waals surface area contributed by atoms with Crippen molar-refractivity contribution in [3.05, 3.63) is 53.0 Å². The number of nitrogens with one attached hydrogen (secondary N) is 1. The van der Waals surface area contributed by atoms with Gasteiger partial charge in [0.15, 0.2) is 6.61 Å². The van der Waals surface area contributed by atoms with E-state index in [0.717, 1.165) is 15.8 Å². The van der Waals surface area contributed by atoms with Crippen molar-refractivity contribution in [2.24, 2.45) is 5.92 Å². The van der Waals surface area contributed by atoms with Gasteiger partial charge < -0.3 is 10.1 Å². The average Bonchev–Trinajstić information content (AvgIpc) is 3.11. The van der Waals surface area contributed by atoms with E-state index in [1.165, 1.54) is 6.33 Å². The van der Waals surface area contributed by atoms with Crippen LogP contribution in [0, 0.1) is 5.92 Å². The van der Waals surface area contributed by atoms with E-state index in [0.29, 0.717) is 11.8 Å². The molecule has 2 heterocycles. The molecule has 0 spiro atoms. The Morgan fingerprint density at radius 1 is 1.21 bits per heavy atom. The molecule has 24 heavy (non-hydrogen) atoms. The van der Waals surface area contributed by atoms with Crippen molar-refractivity contribution in [2.75, 3.05) is 6.61 Å². The lowest BCUT2D eigenvalue weighted by molar-refractivity contribution is -0.124. The molecule has 0 saturated heterocycles. The first-order chi connectivity index (χ1) is 11.6. The van der Waals surface area contributed by atoms with Gasteiger partial charge in [0.05, 0.1) is 16.9 Å². The zero-order valence-electron chi connectivity index (χ0n) is 13.6. The number of rotatable bonds is 6. The van der Waals surface area contributed by atoms with Gasteiger partial charge in [0.1, 0.15) is 6.33 Å². The molecular formula is C18H19N3O2S. The maximum Gasteiger partial charge on any atom is 0.258 e. The first-order valence-corrected chi connectivity index (χ1v) is 8.68. The second kappa shape index (κ2) is 7.40. The van der Waals surface area contributed by atoms with Crippen LogP contribution < -0.4 is 10.1 Å². The number of fused-ring (bicyclic) bond motifs is 1. The molecule has 0 radical (unpaired) electrons. The summed E-state index contributed by atoms with van der Waals surface area (Å²) in [6, 6.07) is 11.6. The summed E-state index contributed by atoms with van der Waals surface area (Å²) < 4.78 is 5.62. The van der Waals surface area contributed by atoms with E-state index in [9.17, 15) is 4.79 Å². The summed E-state index contributed by atoms with van der Waals surface area (Å²) in [5.41, 5.74) is 0.793. The Morgan fingerprint density at radius 2 is 2.04 bits per heavy atom. The number of thiophene rings is 1. The molecule has 1 atom stereocenters. The van der Waals surface area contributed by atoms with Crippen molar-refractivity contribution in [3.8, 4) is 5.88 Å². The SMILES string of the molecule is CC(C)[C@H](NC(=O)COc1ncnc2ccccc12)c1cccs1. The Hall–Kier alpha value is -2.47. The summed E-state index contributed by atoms with van der Waals surface area (Å²) in [6.07, 6.45) is 1.44. The monoisotopic (exact) mass is 341 g/mol. The lowest BCUT2D eigenvalue weighted by Crippen LogP contribution is -2.34. The highest BCUT2D eigenvalue weighted by molar-refractivity contribution is 7.10. The van der Waals surface area contributed by atoms with Crippen molar-refractivity contribution in [1.82, 2.24) is 15.3 Å². The molecule has 3 rings (SSSR count). The number of benzene rings is 1. The fourth-order valence-corrected chi connectivity index (χ4v) is 3.43. The third kappa shape index (κ3) is 3.71. The molecule has 124 valence electrons. The molecule has 0 aliphatic rings. The first kappa shape index (κ1) is 16.4. The van der Waals surface area contributed by atoms with Crippen LogP contribution in [0.4, 0.5) is 0 Å². The fraction of sp³-hybridized carbons (Fsp3) is 0.278. The lowest BCUT2D eigenvalue weighted by atomic mass is 10.0. The summed E-state index contributed by atoms with van der Waals surface area (Å²) in [6.45, 7) is 4.10. The van der Waals surface area contributed by atoms with E-state index in [-0.39, 0.29) is 18.6 Å². The van der Waals surface area contributed by atoms with E-state index < -0.39 is 0 Å². The molecule has 1 N–H and O–H groups in total. The largest absolute Gasteiger partial charge is 0.467 e. The zero-order valence-corrected chi connectivity index (χ0v) is 14.4. The predicted molar refractivity (Wildman–Crippen MR) is 95.1 cm³/mol. The normalized spacial score (nSPS) is 12.3. The number of hydrogen-bond acceptors (Lipinski definition) is 5. The van der Waals surface area contributed by atoms with E-state index in [1.54, 1.807) is 11.3 Å². The number of hydrogen-bond donors (Lipinski definition) is 1. The zero-order chi connectivity index (χ0) is 16.9. The topological polar surface area (TPSA) is 64.1 Å². The Kier molecular flexibility index (Phi) is 5.05. The van der Waals surface area contributed by atoms with Crippen molar-refractivity contribution >= 4 is 28.1 Å². The van der Waals surface area contributed by atoms with Gasteiger partial charge in [0.2, 0.25) is 5.88 Å². The van der Waals surface area contributed by atoms with Gasteiger partial charge in [-0.1, -0.05) is 32.0 Å². The molecular weight excluding hydrogens is 322 g/mol. The maximum atomic E-state index is 12.3. The maximum absolute atomic E-state index is 12.3. The van der Waals surface area contributed by atoms with Crippen molar-refractivity contribution in [2.45, 2.75) is 19.9 Å². The summed E-state index contributed by atoms with van der Waals surface area (Å²) in [4.78, 5) is 21.7. The highest BCUT2D eigenvalue weighted by Gasteiger charge is 2.19. The van der Waals surface area contributed by atoms with Crippen LogP contribution in [0.2, 0.25) is 0 Å². The fourth-order valence-electron chi connectivity index (χ4n) is 2.48. The van der Waals surface area contributed by atoms with Gasteiger partial charge in [-0.05, 0) is 29.5 Å². The molecule has 1 amide bonds. The Labute approximate surface area is 144 Å². The number of ether oxygens (including phenoxy) is 1. The molecule has 0 bridgehead atoms. The molecule has 2 aromatic heterocycles. The molecule has 6 heteroatoms. The van der Waals surface area contributed by atoms with Gasteiger partial charge in [-0.15, -0.1) is 11.3 Å². The van der Waals surface area contributed by atoms with Gasteiger partial charge in [-0.2, -0.15) is 0 Å². The quantitative estimate of drug-likeness (QED) is 0.744. The number of carbonyl (C=O) groups excluding carboxylic acids is 1. The van der Waals surface area contributed by atoms with Gasteiger partial charge in [-0.25, -0.2) is 9.97 Å². The minimum Gasteiger partial charge on any atom is -0.467 e. The summed E-state index contributed by atoms with van der Waals surface area (Å²) >= 11 is 1.64. The second-order valence-electron chi connectivity index (χ2n) is 5.79. The number of carbonyl (C=O) groups is 1. The van der Waals surface area contributed by atoms with Crippen LogP contribution in [-0.4, -0.2) is 22.5 Å². The third-order valence-electron chi connectivity index (χ3n) is 3.68. The molecule has 3 aromatic rings. The van der Waals surface area contributed by atoms with Crippen molar-refractivity contribution < 1.29 is 9.53 Å².